The zero-order chi connectivity index (χ0) is 8.43. The third kappa shape index (κ3) is 2.28. The summed E-state index contributed by atoms with van der Waals surface area (Å²) in [7, 11) is 0. The van der Waals surface area contributed by atoms with Crippen LogP contribution in [0.2, 0.25) is 0 Å². The maximum atomic E-state index is 12.4. The van der Waals surface area contributed by atoms with Crippen LogP contribution in [0.1, 0.15) is 13.8 Å². The van der Waals surface area contributed by atoms with Crippen LogP contribution in [0.15, 0.2) is 0 Å². The van der Waals surface area contributed by atoms with Crippen LogP contribution in [0.4, 0.5) is 4.39 Å². The van der Waals surface area contributed by atoms with E-state index in [0.717, 1.165) is 13.1 Å². The van der Waals surface area contributed by atoms with Gasteiger partial charge in [0.15, 0.2) is 0 Å². The van der Waals surface area contributed by atoms with Crippen molar-refractivity contribution in [2.24, 2.45) is 5.92 Å². The fourth-order valence-corrected chi connectivity index (χ4v) is 2.36. The summed E-state index contributed by atoms with van der Waals surface area (Å²) in [4.78, 5) is 2.35. The number of rotatable bonds is 2. The Hall–Kier alpha value is 0.620. The highest BCUT2D eigenvalue weighted by molar-refractivity contribution is 14.1. The summed E-state index contributed by atoms with van der Waals surface area (Å²) in [5.41, 5.74) is 0. The zero-order valence-electron chi connectivity index (χ0n) is 7.06. The average Bonchev–Trinajstić information content (AvgIpc) is 2.31. The van der Waals surface area contributed by atoms with Crippen LogP contribution >= 0.6 is 22.6 Å². The number of hydrogen-bond donors (Lipinski definition) is 0. The third-order valence-corrected chi connectivity index (χ3v) is 3.73. The second-order valence-corrected chi connectivity index (χ2v) is 5.08. The summed E-state index contributed by atoms with van der Waals surface area (Å²) < 4.78 is 12.9. The van der Waals surface area contributed by atoms with E-state index in [1.54, 1.807) is 0 Å². The summed E-state index contributed by atoms with van der Waals surface area (Å²) in [6.45, 7) is 6.19. The fourth-order valence-electron chi connectivity index (χ4n) is 1.43. The SMILES string of the molecule is CC(C)N1C[C@@H](CF)[C@@H](I)C1. The van der Waals surface area contributed by atoms with E-state index in [0.29, 0.717) is 9.97 Å². The van der Waals surface area contributed by atoms with Crippen LogP contribution in [-0.2, 0) is 0 Å². The quantitative estimate of drug-likeness (QED) is 0.549. The molecule has 3 heteroatoms. The number of hydrogen-bond acceptors (Lipinski definition) is 1. The number of nitrogens with zero attached hydrogens (tertiary/aromatic N) is 1. The minimum absolute atomic E-state index is 0.156. The van der Waals surface area contributed by atoms with Crippen molar-refractivity contribution in [2.45, 2.75) is 23.8 Å². The minimum atomic E-state index is -0.156. The van der Waals surface area contributed by atoms with Gasteiger partial charge in [-0.05, 0) is 13.8 Å². The Morgan fingerprint density at radius 1 is 1.55 bits per heavy atom. The molecule has 11 heavy (non-hydrogen) atoms. The first-order valence-electron chi connectivity index (χ1n) is 4.09. The molecule has 0 aromatic heterocycles. The first-order chi connectivity index (χ1) is 5.15. The van der Waals surface area contributed by atoms with Gasteiger partial charge in [-0.25, -0.2) is 0 Å². The lowest BCUT2D eigenvalue weighted by Crippen LogP contribution is -2.28. The molecule has 0 N–H and O–H groups in total. The molecule has 0 amide bonds. The number of alkyl halides is 2. The van der Waals surface area contributed by atoms with Gasteiger partial charge >= 0.3 is 0 Å². The second kappa shape index (κ2) is 4.03. The monoisotopic (exact) mass is 271 g/mol. The minimum Gasteiger partial charge on any atom is -0.299 e. The first kappa shape index (κ1) is 9.71. The van der Waals surface area contributed by atoms with Crippen LogP contribution in [0, 0.1) is 5.92 Å². The standard InChI is InChI=1S/C8H15FIN/c1-6(2)11-4-7(3-9)8(10)5-11/h6-8H,3-5H2,1-2H3/t7-,8+/m1/s1. The Morgan fingerprint density at radius 2 is 2.18 bits per heavy atom. The van der Waals surface area contributed by atoms with E-state index >= 15 is 0 Å². The molecule has 1 nitrogen and oxygen atoms in total. The number of likely N-dealkylation sites (tertiary alicyclic amines) is 1. The highest BCUT2D eigenvalue weighted by Gasteiger charge is 2.31. The summed E-state index contributed by atoms with van der Waals surface area (Å²) in [5, 5.41) is 0. The molecular formula is C8H15FIN. The van der Waals surface area contributed by atoms with Crippen molar-refractivity contribution in [1.29, 1.82) is 0 Å². The molecule has 1 saturated heterocycles. The van der Waals surface area contributed by atoms with Crippen molar-refractivity contribution in [2.75, 3.05) is 19.8 Å². The Labute approximate surface area is 81.5 Å². The van der Waals surface area contributed by atoms with Crippen LogP contribution in [-0.4, -0.2) is 34.6 Å². The smallest absolute Gasteiger partial charge is 0.0945 e. The predicted octanol–water partition coefficient (Wildman–Crippen LogP) is 2.10. The van der Waals surface area contributed by atoms with Gasteiger partial charge in [0.2, 0.25) is 0 Å². The van der Waals surface area contributed by atoms with Crippen molar-refractivity contribution in [3.8, 4) is 0 Å². The summed E-state index contributed by atoms with van der Waals surface area (Å²) in [6, 6.07) is 0.573. The van der Waals surface area contributed by atoms with Gasteiger partial charge in [-0.1, -0.05) is 22.6 Å². The molecule has 0 aromatic carbocycles. The van der Waals surface area contributed by atoms with Crippen molar-refractivity contribution >= 4 is 22.6 Å². The average molecular weight is 271 g/mol. The fraction of sp³-hybridized carbons (Fsp3) is 1.00. The predicted molar refractivity (Wildman–Crippen MR) is 54.0 cm³/mol. The van der Waals surface area contributed by atoms with E-state index < -0.39 is 0 Å². The molecule has 1 rings (SSSR count). The van der Waals surface area contributed by atoms with Crippen molar-refractivity contribution in [3.63, 3.8) is 0 Å². The first-order valence-corrected chi connectivity index (χ1v) is 5.33. The van der Waals surface area contributed by atoms with Gasteiger partial charge in [0.25, 0.3) is 0 Å². The second-order valence-electron chi connectivity index (χ2n) is 3.48. The normalized spacial score (nSPS) is 33.5. The molecule has 0 spiro atoms. The third-order valence-electron chi connectivity index (χ3n) is 2.32. The van der Waals surface area contributed by atoms with Gasteiger partial charge in [0, 0.05) is 29.0 Å². The van der Waals surface area contributed by atoms with Crippen LogP contribution < -0.4 is 0 Å². The van der Waals surface area contributed by atoms with Crippen molar-refractivity contribution in [3.05, 3.63) is 0 Å². The molecule has 0 unspecified atom stereocenters. The molecule has 0 aromatic rings. The summed E-state index contributed by atoms with van der Waals surface area (Å²) >= 11 is 2.36. The summed E-state index contributed by atoms with van der Waals surface area (Å²) in [6.07, 6.45) is 0. The van der Waals surface area contributed by atoms with E-state index in [1.807, 2.05) is 0 Å². The van der Waals surface area contributed by atoms with E-state index in [2.05, 4.69) is 41.3 Å². The zero-order valence-corrected chi connectivity index (χ0v) is 9.21. The van der Waals surface area contributed by atoms with Gasteiger partial charge in [0.1, 0.15) is 0 Å². The molecule has 1 fully saturated rings. The Bertz CT molecular complexity index is 129. The number of halogens is 2. The lowest BCUT2D eigenvalue weighted by atomic mass is 10.1. The lowest BCUT2D eigenvalue weighted by molar-refractivity contribution is 0.254. The van der Waals surface area contributed by atoms with Crippen LogP contribution in [0.3, 0.4) is 0 Å². The van der Waals surface area contributed by atoms with Crippen LogP contribution in [0.5, 0.6) is 0 Å². The van der Waals surface area contributed by atoms with Gasteiger partial charge < -0.3 is 0 Å². The Morgan fingerprint density at radius 3 is 2.45 bits per heavy atom. The van der Waals surface area contributed by atoms with Gasteiger partial charge in [-0.15, -0.1) is 0 Å². The maximum absolute atomic E-state index is 12.4. The highest BCUT2D eigenvalue weighted by atomic mass is 127. The highest BCUT2D eigenvalue weighted by Crippen LogP contribution is 2.25. The lowest BCUT2D eigenvalue weighted by Gasteiger charge is -2.19. The van der Waals surface area contributed by atoms with Gasteiger partial charge in [-0.2, -0.15) is 0 Å². The molecular weight excluding hydrogens is 256 g/mol. The molecule has 0 saturated carbocycles. The maximum Gasteiger partial charge on any atom is 0.0945 e. The molecule has 1 heterocycles. The van der Waals surface area contributed by atoms with Crippen molar-refractivity contribution < 1.29 is 4.39 Å². The molecule has 2 atom stereocenters. The molecule has 0 bridgehead atoms. The molecule has 66 valence electrons. The Kier molecular flexibility index (Phi) is 3.55. The molecule has 1 aliphatic rings. The van der Waals surface area contributed by atoms with E-state index in [1.165, 1.54) is 0 Å². The molecule has 0 radical (unpaired) electrons. The van der Waals surface area contributed by atoms with Gasteiger partial charge in [0.05, 0.1) is 6.67 Å². The van der Waals surface area contributed by atoms with E-state index in [4.69, 9.17) is 0 Å². The Balaban J connectivity index is 2.43. The largest absolute Gasteiger partial charge is 0.299 e. The molecule has 1 aliphatic heterocycles. The summed E-state index contributed by atoms with van der Waals surface area (Å²) in [5.74, 6) is 0.276. The van der Waals surface area contributed by atoms with E-state index in [9.17, 15) is 4.39 Å². The van der Waals surface area contributed by atoms with Crippen molar-refractivity contribution in [1.82, 2.24) is 4.90 Å². The molecule has 0 aliphatic carbocycles. The van der Waals surface area contributed by atoms with Crippen LogP contribution in [0.25, 0.3) is 0 Å². The van der Waals surface area contributed by atoms with E-state index in [-0.39, 0.29) is 12.6 Å². The van der Waals surface area contributed by atoms with Gasteiger partial charge in [-0.3, -0.25) is 9.29 Å². The topological polar surface area (TPSA) is 3.24 Å².